The van der Waals surface area contributed by atoms with E-state index in [4.69, 9.17) is 17.2 Å². The molecule has 4 unspecified atom stereocenters. The van der Waals surface area contributed by atoms with E-state index in [1.165, 1.54) is 0 Å². The maximum absolute atomic E-state index is 13.0. The lowest BCUT2D eigenvalue weighted by molar-refractivity contribution is -0.142. The third-order valence-electron chi connectivity index (χ3n) is 4.82. The van der Waals surface area contributed by atoms with Gasteiger partial charge in [0.05, 0.1) is 12.6 Å². The Kier molecular flexibility index (Phi) is 13.2. The SMILES string of the molecule is NC(N)=NCCCC(NC(=O)C(Cc1ccccc1)NC(=O)C(CO)NC(=O)C(N)CS)C(=O)O. The number of hydrogen-bond acceptors (Lipinski definition) is 8. The zero-order valence-corrected chi connectivity index (χ0v) is 20.0. The first kappa shape index (κ1) is 29.7. The summed E-state index contributed by atoms with van der Waals surface area (Å²) in [7, 11) is 0. The highest BCUT2D eigenvalue weighted by atomic mass is 32.1. The lowest BCUT2D eigenvalue weighted by Gasteiger charge is -2.24. The number of rotatable bonds is 15. The Morgan fingerprint density at radius 2 is 1.51 bits per heavy atom. The van der Waals surface area contributed by atoms with Crippen molar-refractivity contribution in [1.82, 2.24) is 16.0 Å². The Balaban J connectivity index is 2.98. The van der Waals surface area contributed by atoms with E-state index in [9.17, 15) is 29.4 Å². The molecule has 0 aliphatic heterocycles. The largest absolute Gasteiger partial charge is 0.480 e. The number of carboxylic acids is 1. The first-order chi connectivity index (χ1) is 16.6. The number of carbonyl (C=O) groups is 4. The molecule has 0 aliphatic rings. The summed E-state index contributed by atoms with van der Waals surface area (Å²) < 4.78 is 0. The Hall–Kier alpha value is -3.36. The summed E-state index contributed by atoms with van der Waals surface area (Å²) in [4.78, 5) is 53.2. The molecule has 1 aromatic rings. The van der Waals surface area contributed by atoms with Gasteiger partial charge in [-0.15, -0.1) is 0 Å². The van der Waals surface area contributed by atoms with Crippen molar-refractivity contribution in [3.05, 3.63) is 35.9 Å². The van der Waals surface area contributed by atoms with E-state index in [-0.39, 0.29) is 37.5 Å². The number of aliphatic carboxylic acids is 1. The Labute approximate surface area is 208 Å². The first-order valence-electron chi connectivity index (χ1n) is 10.8. The fraction of sp³-hybridized carbons (Fsp3) is 0.476. The van der Waals surface area contributed by atoms with Gasteiger partial charge in [0.15, 0.2) is 5.96 Å². The molecule has 11 N–H and O–H groups in total. The number of aliphatic hydroxyl groups excluding tert-OH is 1. The molecule has 3 amide bonds. The van der Waals surface area contributed by atoms with Crippen molar-refractivity contribution in [3.8, 4) is 0 Å². The van der Waals surface area contributed by atoms with Crippen LogP contribution in [0.2, 0.25) is 0 Å². The number of aliphatic hydroxyl groups is 1. The fourth-order valence-corrected chi connectivity index (χ4v) is 3.09. The molecule has 1 rings (SSSR count). The van der Waals surface area contributed by atoms with Crippen LogP contribution >= 0.6 is 12.6 Å². The van der Waals surface area contributed by atoms with Gasteiger partial charge < -0.3 is 43.4 Å². The summed E-state index contributed by atoms with van der Waals surface area (Å²) in [5, 5.41) is 26.3. The number of carbonyl (C=O) groups excluding carboxylic acids is 3. The van der Waals surface area contributed by atoms with E-state index in [2.05, 4.69) is 33.6 Å². The molecule has 194 valence electrons. The zero-order chi connectivity index (χ0) is 26.4. The minimum atomic E-state index is -1.38. The van der Waals surface area contributed by atoms with Crippen molar-refractivity contribution < 1.29 is 29.4 Å². The number of benzene rings is 1. The molecule has 0 fully saturated rings. The number of aliphatic imine (C=N–C) groups is 1. The second-order valence-corrected chi connectivity index (χ2v) is 8.00. The average Bonchev–Trinajstić information content (AvgIpc) is 2.83. The molecule has 35 heavy (non-hydrogen) atoms. The van der Waals surface area contributed by atoms with Gasteiger partial charge >= 0.3 is 5.97 Å². The third-order valence-corrected chi connectivity index (χ3v) is 5.22. The van der Waals surface area contributed by atoms with E-state index >= 15 is 0 Å². The van der Waals surface area contributed by atoms with Crippen LogP contribution in [0.5, 0.6) is 0 Å². The third kappa shape index (κ3) is 11.1. The number of carboxylic acid groups (broad SMARTS) is 1. The molecule has 0 heterocycles. The van der Waals surface area contributed by atoms with Crippen LogP contribution < -0.4 is 33.2 Å². The smallest absolute Gasteiger partial charge is 0.326 e. The topological polar surface area (TPSA) is 235 Å². The molecular weight excluding hydrogens is 478 g/mol. The molecule has 0 saturated heterocycles. The average molecular weight is 512 g/mol. The van der Waals surface area contributed by atoms with Crippen molar-refractivity contribution in [2.45, 2.75) is 43.4 Å². The van der Waals surface area contributed by atoms with E-state index in [0.29, 0.717) is 5.56 Å². The summed E-state index contributed by atoms with van der Waals surface area (Å²) in [6.07, 6.45) is 0.358. The minimum absolute atomic E-state index is 0.0183. The Bertz CT molecular complexity index is 882. The normalized spacial score (nSPS) is 14.0. The Morgan fingerprint density at radius 1 is 0.943 bits per heavy atom. The van der Waals surface area contributed by atoms with Crippen LogP contribution in [-0.4, -0.2) is 82.9 Å². The molecule has 0 aliphatic carbocycles. The second kappa shape index (κ2) is 15.5. The molecule has 0 spiro atoms. The van der Waals surface area contributed by atoms with E-state index < -0.39 is 54.5 Å². The number of nitrogens with one attached hydrogen (secondary N) is 3. The molecule has 0 bridgehead atoms. The van der Waals surface area contributed by atoms with Gasteiger partial charge in [-0.25, -0.2) is 4.79 Å². The van der Waals surface area contributed by atoms with Crippen LogP contribution in [-0.2, 0) is 25.6 Å². The lowest BCUT2D eigenvalue weighted by Crippen LogP contribution is -2.58. The predicted molar refractivity (Wildman–Crippen MR) is 132 cm³/mol. The van der Waals surface area contributed by atoms with E-state index in [0.717, 1.165) is 0 Å². The van der Waals surface area contributed by atoms with Crippen LogP contribution in [0, 0.1) is 0 Å². The lowest BCUT2D eigenvalue weighted by atomic mass is 10.0. The van der Waals surface area contributed by atoms with Crippen molar-refractivity contribution >= 4 is 42.3 Å². The van der Waals surface area contributed by atoms with Gasteiger partial charge in [-0.2, -0.15) is 12.6 Å². The quantitative estimate of drug-likeness (QED) is 0.0506. The van der Waals surface area contributed by atoms with E-state index in [1.807, 2.05) is 0 Å². The van der Waals surface area contributed by atoms with Crippen LogP contribution in [0.15, 0.2) is 35.3 Å². The molecule has 0 saturated carbocycles. The van der Waals surface area contributed by atoms with Gasteiger partial charge in [0.1, 0.15) is 18.1 Å². The van der Waals surface area contributed by atoms with Gasteiger partial charge in [0, 0.05) is 18.7 Å². The molecule has 0 radical (unpaired) electrons. The number of hydrogen-bond donors (Lipinski definition) is 9. The van der Waals surface area contributed by atoms with Crippen LogP contribution in [0.1, 0.15) is 18.4 Å². The number of nitrogens with zero attached hydrogens (tertiary/aromatic N) is 1. The minimum Gasteiger partial charge on any atom is -0.480 e. The molecular formula is C21H33N7O6S. The fourth-order valence-electron chi connectivity index (χ4n) is 2.92. The molecule has 13 nitrogen and oxygen atoms in total. The van der Waals surface area contributed by atoms with Crippen LogP contribution in [0.25, 0.3) is 0 Å². The summed E-state index contributed by atoms with van der Waals surface area (Å²) in [6.45, 7) is -0.572. The van der Waals surface area contributed by atoms with Gasteiger partial charge in [-0.05, 0) is 18.4 Å². The highest BCUT2D eigenvalue weighted by Gasteiger charge is 2.30. The highest BCUT2D eigenvalue weighted by Crippen LogP contribution is 2.06. The van der Waals surface area contributed by atoms with Crippen LogP contribution in [0.4, 0.5) is 0 Å². The van der Waals surface area contributed by atoms with Crippen molar-refractivity contribution in [2.75, 3.05) is 18.9 Å². The van der Waals surface area contributed by atoms with Gasteiger partial charge in [-0.1, -0.05) is 30.3 Å². The summed E-state index contributed by atoms with van der Waals surface area (Å²) in [5.41, 5.74) is 16.8. The van der Waals surface area contributed by atoms with E-state index in [1.54, 1.807) is 30.3 Å². The molecule has 14 heteroatoms. The summed E-state index contributed by atoms with van der Waals surface area (Å²) >= 11 is 3.92. The van der Waals surface area contributed by atoms with Crippen molar-refractivity contribution in [2.24, 2.45) is 22.2 Å². The summed E-state index contributed by atoms with van der Waals surface area (Å²) in [5.74, 6) is -3.69. The number of guanidine groups is 1. The van der Waals surface area contributed by atoms with Gasteiger partial charge in [-0.3, -0.25) is 19.4 Å². The monoisotopic (exact) mass is 511 g/mol. The second-order valence-electron chi connectivity index (χ2n) is 7.63. The first-order valence-corrected chi connectivity index (χ1v) is 11.4. The van der Waals surface area contributed by atoms with Crippen molar-refractivity contribution in [3.63, 3.8) is 0 Å². The van der Waals surface area contributed by atoms with Gasteiger partial charge in [0.2, 0.25) is 17.7 Å². The maximum Gasteiger partial charge on any atom is 0.326 e. The van der Waals surface area contributed by atoms with Crippen LogP contribution in [0.3, 0.4) is 0 Å². The molecule has 0 aromatic heterocycles. The number of amides is 3. The maximum atomic E-state index is 13.0. The zero-order valence-electron chi connectivity index (χ0n) is 19.1. The molecule has 4 atom stereocenters. The number of thiol groups is 1. The summed E-state index contributed by atoms with van der Waals surface area (Å²) in [6, 6.07) is 3.88. The predicted octanol–water partition coefficient (Wildman–Crippen LogP) is -2.93. The molecule has 1 aromatic carbocycles. The number of nitrogens with two attached hydrogens (primary N) is 3. The Morgan fingerprint density at radius 3 is 2.06 bits per heavy atom. The van der Waals surface area contributed by atoms with Crippen molar-refractivity contribution in [1.29, 1.82) is 0 Å². The van der Waals surface area contributed by atoms with Gasteiger partial charge in [0.25, 0.3) is 0 Å². The standard InChI is InChI=1S/C21H33N7O6S/c22-13(11-35)17(30)28-16(10-29)19(32)27-15(9-12-5-2-1-3-6-12)18(31)26-14(20(33)34)7-4-8-25-21(23)24/h1-3,5-6,13-16,29,35H,4,7-11,22H2,(H,26,31)(H,27,32)(H,28,30)(H,33,34)(H4,23,24,25). The highest BCUT2D eigenvalue weighted by molar-refractivity contribution is 7.80.